The van der Waals surface area contributed by atoms with E-state index in [-0.39, 0.29) is 17.1 Å². The van der Waals surface area contributed by atoms with Gasteiger partial charge in [0.2, 0.25) is 0 Å². The summed E-state index contributed by atoms with van der Waals surface area (Å²) in [6.45, 7) is 1.89. The van der Waals surface area contributed by atoms with Crippen LogP contribution in [0.4, 0.5) is 0 Å². The van der Waals surface area contributed by atoms with Crippen molar-refractivity contribution in [3.05, 3.63) is 23.8 Å². The third kappa shape index (κ3) is 1.77. The minimum Gasteiger partial charge on any atom is -0.507 e. The maximum absolute atomic E-state index is 12.2. The Morgan fingerprint density at radius 1 is 1.33 bits per heavy atom. The van der Waals surface area contributed by atoms with Gasteiger partial charge in [-0.05, 0) is 19.2 Å². The molecule has 18 heavy (non-hydrogen) atoms. The number of ether oxygens (including phenoxy) is 1. The number of carbonyl (C=O) groups is 1. The van der Waals surface area contributed by atoms with Crippen molar-refractivity contribution in [2.45, 2.75) is 24.9 Å². The van der Waals surface area contributed by atoms with Crippen LogP contribution in [0.3, 0.4) is 0 Å². The Morgan fingerprint density at radius 2 is 2.06 bits per heavy atom. The molecule has 96 valence electrons. The summed E-state index contributed by atoms with van der Waals surface area (Å²) in [5, 5.41) is 9.75. The minimum atomic E-state index is -0.357. The van der Waals surface area contributed by atoms with Crippen LogP contribution < -0.4 is 4.74 Å². The molecule has 0 aromatic heterocycles. The Balaban J connectivity index is 1.94. The first-order valence-electron chi connectivity index (χ1n) is 6.32. The zero-order chi connectivity index (χ0) is 12.8. The first-order chi connectivity index (χ1) is 8.60. The fourth-order valence-electron chi connectivity index (χ4n) is 2.84. The van der Waals surface area contributed by atoms with Crippen molar-refractivity contribution >= 4 is 5.78 Å². The van der Waals surface area contributed by atoms with Crippen molar-refractivity contribution in [2.24, 2.45) is 0 Å². The quantitative estimate of drug-likeness (QED) is 0.759. The molecule has 0 unspecified atom stereocenters. The van der Waals surface area contributed by atoms with Crippen molar-refractivity contribution in [3.63, 3.8) is 0 Å². The molecule has 0 saturated carbocycles. The van der Waals surface area contributed by atoms with E-state index in [1.807, 2.05) is 0 Å². The molecule has 0 atom stereocenters. The summed E-state index contributed by atoms with van der Waals surface area (Å²) in [7, 11) is 2.08. The van der Waals surface area contributed by atoms with Crippen LogP contribution in [-0.4, -0.2) is 41.5 Å². The molecule has 0 radical (unpaired) electrons. The maximum Gasteiger partial charge on any atom is 0.174 e. The van der Waals surface area contributed by atoms with Gasteiger partial charge in [0.1, 0.15) is 22.7 Å². The molecule has 2 aliphatic heterocycles. The minimum absolute atomic E-state index is 0.00102. The molecule has 1 N–H and O–H groups in total. The van der Waals surface area contributed by atoms with Crippen LogP contribution in [0.1, 0.15) is 29.6 Å². The van der Waals surface area contributed by atoms with Crippen molar-refractivity contribution < 1.29 is 14.6 Å². The number of phenols is 1. The molecule has 1 spiro atoms. The number of carbonyl (C=O) groups excluding carboxylic acids is 1. The number of hydrogen-bond acceptors (Lipinski definition) is 4. The van der Waals surface area contributed by atoms with E-state index in [0.717, 1.165) is 25.9 Å². The second-order valence-corrected chi connectivity index (χ2v) is 5.34. The SMILES string of the molecule is CN1CCC2(CC1)CC(=O)c1c(O)cccc1O2. The number of aromatic hydroxyl groups is 1. The third-order valence-corrected chi connectivity index (χ3v) is 3.99. The highest BCUT2D eigenvalue weighted by Crippen LogP contribution is 2.41. The number of Topliss-reactive ketones (excluding diaryl/α,β-unsaturated/α-hetero) is 1. The van der Waals surface area contributed by atoms with E-state index in [0.29, 0.717) is 17.7 Å². The van der Waals surface area contributed by atoms with Crippen molar-refractivity contribution in [2.75, 3.05) is 20.1 Å². The molecule has 1 aromatic rings. The number of rotatable bonds is 0. The Labute approximate surface area is 106 Å². The first-order valence-corrected chi connectivity index (χ1v) is 6.32. The Bertz CT molecular complexity index is 490. The molecule has 3 rings (SSSR count). The van der Waals surface area contributed by atoms with Gasteiger partial charge in [-0.2, -0.15) is 0 Å². The van der Waals surface area contributed by atoms with Gasteiger partial charge in [-0.25, -0.2) is 0 Å². The lowest BCUT2D eigenvalue weighted by molar-refractivity contribution is -0.00399. The predicted molar refractivity (Wildman–Crippen MR) is 67.1 cm³/mol. The lowest BCUT2D eigenvalue weighted by Crippen LogP contribution is -2.50. The van der Waals surface area contributed by atoms with Gasteiger partial charge in [0, 0.05) is 25.9 Å². The number of benzene rings is 1. The largest absolute Gasteiger partial charge is 0.507 e. The molecule has 0 aliphatic carbocycles. The van der Waals surface area contributed by atoms with Crippen LogP contribution in [0.5, 0.6) is 11.5 Å². The van der Waals surface area contributed by atoms with Crippen molar-refractivity contribution in [1.82, 2.24) is 4.90 Å². The summed E-state index contributed by atoms with van der Waals surface area (Å²) in [4.78, 5) is 14.5. The van der Waals surface area contributed by atoms with Gasteiger partial charge in [0.15, 0.2) is 5.78 Å². The van der Waals surface area contributed by atoms with E-state index >= 15 is 0 Å². The number of likely N-dealkylation sites (tertiary alicyclic amines) is 1. The van der Waals surface area contributed by atoms with Crippen LogP contribution in [0.2, 0.25) is 0 Å². The highest BCUT2D eigenvalue weighted by Gasteiger charge is 2.43. The molecule has 4 heteroatoms. The molecule has 0 bridgehead atoms. The second kappa shape index (κ2) is 3.99. The normalized spacial score (nSPS) is 22.6. The van der Waals surface area contributed by atoms with E-state index in [4.69, 9.17) is 4.74 Å². The lowest BCUT2D eigenvalue weighted by Gasteiger charge is -2.43. The topological polar surface area (TPSA) is 49.8 Å². The zero-order valence-electron chi connectivity index (χ0n) is 10.5. The third-order valence-electron chi connectivity index (χ3n) is 3.99. The number of phenolic OH excluding ortho intramolecular Hbond substituents is 1. The highest BCUT2D eigenvalue weighted by atomic mass is 16.5. The molecular weight excluding hydrogens is 230 g/mol. The summed E-state index contributed by atoms with van der Waals surface area (Å²) < 4.78 is 6.05. The average molecular weight is 247 g/mol. The first kappa shape index (κ1) is 11.5. The number of fused-ring (bicyclic) bond motifs is 1. The standard InChI is InChI=1S/C14H17NO3/c1-15-7-5-14(6-8-15)9-11(17)13-10(16)3-2-4-12(13)18-14/h2-4,16H,5-9H2,1H3. The van der Waals surface area contributed by atoms with E-state index in [2.05, 4.69) is 11.9 Å². The van der Waals surface area contributed by atoms with Gasteiger partial charge in [-0.15, -0.1) is 0 Å². The second-order valence-electron chi connectivity index (χ2n) is 5.34. The Hall–Kier alpha value is -1.55. The average Bonchev–Trinajstić information content (AvgIpc) is 2.33. The van der Waals surface area contributed by atoms with Crippen LogP contribution in [-0.2, 0) is 0 Å². The number of nitrogens with zero attached hydrogens (tertiary/aromatic N) is 1. The number of ketones is 1. The van der Waals surface area contributed by atoms with Crippen LogP contribution >= 0.6 is 0 Å². The maximum atomic E-state index is 12.2. The summed E-state index contributed by atoms with van der Waals surface area (Å²) in [6, 6.07) is 5.02. The van der Waals surface area contributed by atoms with Gasteiger partial charge in [0.05, 0.1) is 6.42 Å². The van der Waals surface area contributed by atoms with Crippen LogP contribution in [0.15, 0.2) is 18.2 Å². The van der Waals surface area contributed by atoms with Gasteiger partial charge in [0.25, 0.3) is 0 Å². The fraction of sp³-hybridized carbons (Fsp3) is 0.500. The van der Waals surface area contributed by atoms with E-state index in [9.17, 15) is 9.90 Å². The van der Waals surface area contributed by atoms with Crippen molar-refractivity contribution in [1.29, 1.82) is 0 Å². The summed E-state index contributed by atoms with van der Waals surface area (Å²) in [5.41, 5.74) is -0.00764. The van der Waals surface area contributed by atoms with E-state index in [1.54, 1.807) is 12.1 Å². The smallest absolute Gasteiger partial charge is 0.174 e. The summed E-state index contributed by atoms with van der Waals surface area (Å²) in [6.07, 6.45) is 2.11. The monoisotopic (exact) mass is 247 g/mol. The lowest BCUT2D eigenvalue weighted by atomic mass is 9.82. The van der Waals surface area contributed by atoms with Crippen molar-refractivity contribution in [3.8, 4) is 11.5 Å². The van der Waals surface area contributed by atoms with Crippen LogP contribution in [0, 0.1) is 0 Å². The molecule has 2 heterocycles. The highest BCUT2D eigenvalue weighted by molar-refractivity contribution is 6.02. The molecule has 1 aromatic carbocycles. The molecule has 0 amide bonds. The molecule has 2 aliphatic rings. The van der Waals surface area contributed by atoms with Gasteiger partial charge in [-0.3, -0.25) is 4.79 Å². The Morgan fingerprint density at radius 3 is 2.78 bits per heavy atom. The fourth-order valence-corrected chi connectivity index (χ4v) is 2.84. The molecular formula is C14H17NO3. The van der Waals surface area contributed by atoms with E-state index < -0.39 is 0 Å². The predicted octanol–water partition coefficient (Wildman–Crippen LogP) is 1.82. The Kier molecular flexibility index (Phi) is 2.55. The zero-order valence-corrected chi connectivity index (χ0v) is 10.5. The molecule has 1 fully saturated rings. The van der Waals surface area contributed by atoms with Gasteiger partial charge < -0.3 is 14.7 Å². The van der Waals surface area contributed by atoms with Gasteiger partial charge >= 0.3 is 0 Å². The van der Waals surface area contributed by atoms with Crippen LogP contribution in [0.25, 0.3) is 0 Å². The number of hydrogen-bond donors (Lipinski definition) is 1. The molecule has 4 nitrogen and oxygen atoms in total. The molecule has 1 saturated heterocycles. The van der Waals surface area contributed by atoms with Gasteiger partial charge in [-0.1, -0.05) is 6.07 Å². The summed E-state index contributed by atoms with van der Waals surface area (Å²) >= 11 is 0. The number of piperidine rings is 1. The summed E-state index contributed by atoms with van der Waals surface area (Å²) in [5.74, 6) is 0.565. The van der Waals surface area contributed by atoms with E-state index in [1.165, 1.54) is 6.07 Å².